The lowest BCUT2D eigenvalue weighted by molar-refractivity contribution is -0.00642. The SMILES string of the molecule is COCC(O)C(C)Oc1cccc(Cl)c1. The van der Waals surface area contributed by atoms with Crippen molar-refractivity contribution in [3.8, 4) is 5.75 Å². The molecule has 0 aliphatic heterocycles. The Hall–Kier alpha value is -0.770. The van der Waals surface area contributed by atoms with E-state index in [-0.39, 0.29) is 12.7 Å². The number of aliphatic hydroxyl groups is 1. The van der Waals surface area contributed by atoms with Crippen LogP contribution in [0.15, 0.2) is 24.3 Å². The summed E-state index contributed by atoms with van der Waals surface area (Å²) in [7, 11) is 1.54. The van der Waals surface area contributed by atoms with E-state index in [1.54, 1.807) is 31.2 Å². The number of methoxy groups -OCH3 is 1. The first-order valence-corrected chi connectivity index (χ1v) is 5.10. The average Bonchev–Trinajstić information content (AvgIpc) is 2.18. The van der Waals surface area contributed by atoms with Crippen LogP contribution in [0.2, 0.25) is 5.02 Å². The van der Waals surface area contributed by atoms with Gasteiger partial charge in [-0.1, -0.05) is 17.7 Å². The summed E-state index contributed by atoms with van der Waals surface area (Å²) in [5.74, 6) is 0.644. The second-order valence-corrected chi connectivity index (χ2v) is 3.74. The van der Waals surface area contributed by atoms with Gasteiger partial charge in [0.25, 0.3) is 0 Å². The van der Waals surface area contributed by atoms with Crippen molar-refractivity contribution in [1.82, 2.24) is 0 Å². The fraction of sp³-hybridized carbons (Fsp3) is 0.455. The van der Waals surface area contributed by atoms with Gasteiger partial charge in [-0.15, -0.1) is 0 Å². The number of benzene rings is 1. The van der Waals surface area contributed by atoms with Crippen LogP contribution in [0.3, 0.4) is 0 Å². The molecule has 1 aromatic carbocycles. The Labute approximate surface area is 94.6 Å². The largest absolute Gasteiger partial charge is 0.488 e. The molecule has 1 N–H and O–H groups in total. The lowest BCUT2D eigenvalue weighted by Gasteiger charge is -2.19. The Morgan fingerprint density at radius 1 is 1.47 bits per heavy atom. The minimum absolute atomic E-state index is 0.252. The third-order valence-electron chi connectivity index (χ3n) is 2.00. The van der Waals surface area contributed by atoms with Crippen molar-refractivity contribution in [2.45, 2.75) is 19.1 Å². The molecule has 1 aromatic rings. The molecule has 2 atom stereocenters. The number of halogens is 1. The van der Waals surface area contributed by atoms with Gasteiger partial charge in [0.2, 0.25) is 0 Å². The van der Waals surface area contributed by atoms with E-state index < -0.39 is 6.10 Å². The molecule has 3 nitrogen and oxygen atoms in total. The fourth-order valence-corrected chi connectivity index (χ4v) is 1.32. The smallest absolute Gasteiger partial charge is 0.124 e. The molecule has 0 spiro atoms. The Balaban J connectivity index is 2.54. The highest BCUT2D eigenvalue weighted by Crippen LogP contribution is 2.19. The molecular weight excluding hydrogens is 216 g/mol. The van der Waals surface area contributed by atoms with Crippen LogP contribution in [0.5, 0.6) is 5.75 Å². The van der Waals surface area contributed by atoms with E-state index in [2.05, 4.69) is 0 Å². The topological polar surface area (TPSA) is 38.7 Å². The van der Waals surface area contributed by atoms with Gasteiger partial charge in [-0.05, 0) is 25.1 Å². The van der Waals surface area contributed by atoms with Crippen molar-refractivity contribution < 1.29 is 14.6 Å². The molecule has 0 aromatic heterocycles. The highest BCUT2D eigenvalue weighted by atomic mass is 35.5. The van der Waals surface area contributed by atoms with Crippen molar-refractivity contribution in [2.75, 3.05) is 13.7 Å². The van der Waals surface area contributed by atoms with E-state index in [9.17, 15) is 5.11 Å². The molecule has 0 fully saturated rings. The molecule has 0 heterocycles. The summed E-state index contributed by atoms with van der Waals surface area (Å²) >= 11 is 5.80. The van der Waals surface area contributed by atoms with E-state index in [1.807, 2.05) is 0 Å². The van der Waals surface area contributed by atoms with Crippen LogP contribution in [0.1, 0.15) is 6.92 Å². The van der Waals surface area contributed by atoms with Gasteiger partial charge in [0.05, 0.1) is 6.61 Å². The predicted octanol–water partition coefficient (Wildman–Crippen LogP) is 2.11. The summed E-state index contributed by atoms with van der Waals surface area (Å²) in [6.45, 7) is 2.03. The maximum atomic E-state index is 9.57. The van der Waals surface area contributed by atoms with Gasteiger partial charge < -0.3 is 14.6 Å². The number of aliphatic hydroxyl groups excluding tert-OH is 1. The second kappa shape index (κ2) is 5.95. The van der Waals surface area contributed by atoms with Gasteiger partial charge >= 0.3 is 0 Å². The van der Waals surface area contributed by atoms with E-state index >= 15 is 0 Å². The van der Waals surface area contributed by atoms with E-state index in [1.165, 1.54) is 7.11 Å². The van der Waals surface area contributed by atoms with Gasteiger partial charge in [0.15, 0.2) is 0 Å². The van der Waals surface area contributed by atoms with Crippen LogP contribution < -0.4 is 4.74 Å². The lowest BCUT2D eigenvalue weighted by atomic mass is 10.2. The minimum Gasteiger partial charge on any atom is -0.488 e. The molecule has 84 valence electrons. The maximum absolute atomic E-state index is 9.57. The average molecular weight is 231 g/mol. The molecule has 15 heavy (non-hydrogen) atoms. The summed E-state index contributed by atoms with van der Waals surface area (Å²) in [5.41, 5.74) is 0. The number of ether oxygens (including phenoxy) is 2. The first-order chi connectivity index (χ1) is 7.13. The summed E-state index contributed by atoms with van der Waals surface area (Å²) in [4.78, 5) is 0. The lowest BCUT2D eigenvalue weighted by Crippen LogP contribution is -2.32. The zero-order valence-electron chi connectivity index (χ0n) is 8.81. The van der Waals surface area contributed by atoms with Gasteiger partial charge in [0.1, 0.15) is 18.0 Å². The third-order valence-corrected chi connectivity index (χ3v) is 2.23. The minimum atomic E-state index is -0.644. The molecule has 0 saturated heterocycles. The van der Waals surface area contributed by atoms with Crippen molar-refractivity contribution in [1.29, 1.82) is 0 Å². The molecule has 0 saturated carbocycles. The van der Waals surface area contributed by atoms with Crippen molar-refractivity contribution in [3.63, 3.8) is 0 Å². The van der Waals surface area contributed by atoms with Gasteiger partial charge in [0, 0.05) is 12.1 Å². The number of hydrogen-bond donors (Lipinski definition) is 1. The summed E-state index contributed by atoms with van der Waals surface area (Å²) < 4.78 is 10.3. The first kappa shape index (κ1) is 12.3. The highest BCUT2D eigenvalue weighted by Gasteiger charge is 2.15. The van der Waals surface area contributed by atoms with Crippen LogP contribution in [0.25, 0.3) is 0 Å². The predicted molar refractivity (Wildman–Crippen MR) is 59.4 cm³/mol. The molecule has 0 aliphatic carbocycles. The van der Waals surface area contributed by atoms with Crippen LogP contribution in [0.4, 0.5) is 0 Å². The molecule has 4 heteroatoms. The molecule has 1 rings (SSSR count). The van der Waals surface area contributed by atoms with Crippen molar-refractivity contribution >= 4 is 11.6 Å². The van der Waals surface area contributed by atoms with Crippen LogP contribution in [0, 0.1) is 0 Å². The monoisotopic (exact) mass is 230 g/mol. The Bertz CT molecular complexity index is 304. The van der Waals surface area contributed by atoms with Crippen LogP contribution >= 0.6 is 11.6 Å². The maximum Gasteiger partial charge on any atom is 0.124 e. The third kappa shape index (κ3) is 4.08. The Morgan fingerprint density at radius 2 is 2.20 bits per heavy atom. The fourth-order valence-electron chi connectivity index (χ4n) is 1.14. The quantitative estimate of drug-likeness (QED) is 0.842. The Morgan fingerprint density at radius 3 is 2.80 bits per heavy atom. The van der Waals surface area contributed by atoms with Gasteiger partial charge in [-0.3, -0.25) is 0 Å². The number of rotatable bonds is 5. The van der Waals surface area contributed by atoms with Crippen LogP contribution in [-0.4, -0.2) is 31.0 Å². The first-order valence-electron chi connectivity index (χ1n) is 4.72. The van der Waals surface area contributed by atoms with E-state index in [0.29, 0.717) is 10.8 Å². The molecular formula is C11H15ClO3. The normalized spacial score (nSPS) is 14.7. The standard InChI is InChI=1S/C11H15ClO3/c1-8(11(13)7-14-2)15-10-5-3-4-9(12)6-10/h3-6,8,11,13H,7H2,1-2H3. The van der Waals surface area contributed by atoms with Crippen LogP contribution in [-0.2, 0) is 4.74 Å². The molecule has 0 aliphatic rings. The summed E-state index contributed by atoms with van der Waals surface area (Å²) in [6, 6.07) is 7.07. The Kier molecular flexibility index (Phi) is 4.88. The summed E-state index contributed by atoms with van der Waals surface area (Å²) in [5, 5.41) is 10.2. The highest BCUT2D eigenvalue weighted by molar-refractivity contribution is 6.30. The molecule has 2 unspecified atom stereocenters. The molecule has 0 radical (unpaired) electrons. The van der Waals surface area contributed by atoms with Crippen molar-refractivity contribution in [2.24, 2.45) is 0 Å². The van der Waals surface area contributed by atoms with E-state index in [0.717, 1.165) is 0 Å². The van der Waals surface area contributed by atoms with E-state index in [4.69, 9.17) is 21.1 Å². The van der Waals surface area contributed by atoms with Gasteiger partial charge in [-0.25, -0.2) is 0 Å². The molecule has 0 bridgehead atoms. The summed E-state index contributed by atoms with van der Waals surface area (Å²) in [6.07, 6.45) is -0.975. The van der Waals surface area contributed by atoms with Gasteiger partial charge in [-0.2, -0.15) is 0 Å². The van der Waals surface area contributed by atoms with Crippen molar-refractivity contribution in [3.05, 3.63) is 29.3 Å². The zero-order chi connectivity index (χ0) is 11.3. The second-order valence-electron chi connectivity index (χ2n) is 3.30. The number of hydrogen-bond acceptors (Lipinski definition) is 3. The molecule has 0 amide bonds. The zero-order valence-corrected chi connectivity index (χ0v) is 9.57.